The van der Waals surface area contributed by atoms with Crippen LogP contribution in [0.4, 0.5) is 0 Å². The van der Waals surface area contributed by atoms with Crippen molar-refractivity contribution in [2.45, 2.75) is 0 Å². The minimum absolute atomic E-state index is 0.243. The molecule has 0 aromatic rings. The Balaban J connectivity index is 4.57. The summed E-state index contributed by atoms with van der Waals surface area (Å²) in [5.41, 5.74) is 4.57. The molecule has 1 amide bonds. The van der Waals surface area contributed by atoms with Gasteiger partial charge in [-0.25, -0.2) is 4.79 Å². The summed E-state index contributed by atoms with van der Waals surface area (Å²) in [5, 5.41) is 8.39. The highest BCUT2D eigenvalue weighted by atomic mass is 16.5. The van der Waals surface area contributed by atoms with E-state index in [0.29, 0.717) is 0 Å². The van der Waals surface area contributed by atoms with Crippen LogP contribution in [0.5, 0.6) is 0 Å². The largest absolute Gasteiger partial charge is 0.466 e. The summed E-state index contributed by atoms with van der Waals surface area (Å²) < 4.78 is 4.25. The highest BCUT2D eigenvalue weighted by Crippen LogP contribution is 2.08. The Morgan fingerprint density at radius 2 is 2.17 bits per heavy atom. The van der Waals surface area contributed by atoms with E-state index in [4.69, 9.17) is 11.0 Å². The van der Waals surface area contributed by atoms with Crippen LogP contribution in [0.3, 0.4) is 0 Å². The Bertz CT molecular complexity index is 264. The van der Waals surface area contributed by atoms with Crippen LogP contribution in [-0.4, -0.2) is 19.0 Å². The molecular formula is C7H8N2O3. The molecule has 0 radical (unpaired) electrons. The van der Waals surface area contributed by atoms with Gasteiger partial charge in [0.2, 0.25) is 5.91 Å². The Kier molecular flexibility index (Phi) is 3.50. The lowest BCUT2D eigenvalue weighted by molar-refractivity contribution is -0.137. The number of carbonyl (C=O) groups is 2. The Morgan fingerprint density at radius 1 is 1.67 bits per heavy atom. The molecule has 0 aromatic carbocycles. The third-order valence-electron chi connectivity index (χ3n) is 1.21. The van der Waals surface area contributed by atoms with Crippen LogP contribution in [0.1, 0.15) is 0 Å². The van der Waals surface area contributed by atoms with Gasteiger partial charge in [-0.05, 0) is 0 Å². The molecule has 0 rings (SSSR count). The lowest BCUT2D eigenvalue weighted by Crippen LogP contribution is -2.26. The third-order valence-corrected chi connectivity index (χ3v) is 1.21. The zero-order valence-electron chi connectivity index (χ0n) is 6.53. The van der Waals surface area contributed by atoms with E-state index in [0.717, 1.165) is 7.11 Å². The third kappa shape index (κ3) is 2.09. The standard InChI is InChI=1S/C7H8N2O3/c1-4(7(11)12-2)5(3-8)6(9)10/h5H,1H2,2H3,(H2,9,10). The molecule has 0 aliphatic carbocycles. The van der Waals surface area contributed by atoms with Crippen molar-refractivity contribution < 1.29 is 14.3 Å². The second kappa shape index (κ2) is 4.13. The first-order valence-electron chi connectivity index (χ1n) is 3.00. The maximum Gasteiger partial charge on any atom is 0.335 e. The van der Waals surface area contributed by atoms with Gasteiger partial charge in [-0.1, -0.05) is 6.58 Å². The smallest absolute Gasteiger partial charge is 0.335 e. The molecule has 0 bridgehead atoms. The number of nitrogens with zero attached hydrogens (tertiary/aromatic N) is 1. The van der Waals surface area contributed by atoms with E-state index >= 15 is 0 Å². The van der Waals surface area contributed by atoms with Crippen molar-refractivity contribution in [1.29, 1.82) is 5.26 Å². The molecule has 0 fully saturated rings. The fourth-order valence-corrected chi connectivity index (χ4v) is 0.562. The number of rotatable bonds is 3. The summed E-state index contributed by atoms with van der Waals surface area (Å²) in [7, 11) is 1.13. The Labute approximate surface area is 69.4 Å². The predicted molar refractivity (Wildman–Crippen MR) is 39.5 cm³/mol. The Hall–Kier alpha value is -1.83. The van der Waals surface area contributed by atoms with Crippen LogP contribution in [0.25, 0.3) is 0 Å². The number of esters is 1. The Morgan fingerprint density at radius 3 is 2.42 bits per heavy atom. The van der Waals surface area contributed by atoms with Gasteiger partial charge in [-0.2, -0.15) is 5.26 Å². The number of nitriles is 1. The minimum Gasteiger partial charge on any atom is -0.466 e. The highest BCUT2D eigenvalue weighted by Gasteiger charge is 2.24. The molecule has 12 heavy (non-hydrogen) atoms. The molecule has 5 nitrogen and oxygen atoms in total. The highest BCUT2D eigenvalue weighted by molar-refractivity contribution is 5.97. The molecule has 0 saturated carbocycles. The molecule has 0 saturated heterocycles. The topological polar surface area (TPSA) is 93.2 Å². The average molecular weight is 168 g/mol. The van der Waals surface area contributed by atoms with Gasteiger partial charge in [0.1, 0.15) is 0 Å². The van der Waals surface area contributed by atoms with Crippen LogP contribution in [-0.2, 0) is 14.3 Å². The summed E-state index contributed by atoms with van der Waals surface area (Å²) in [4.78, 5) is 21.3. The maximum atomic E-state index is 10.7. The van der Waals surface area contributed by atoms with Crippen LogP contribution in [0.2, 0.25) is 0 Å². The summed E-state index contributed by atoms with van der Waals surface area (Å²) >= 11 is 0. The number of nitrogens with two attached hydrogens (primary N) is 1. The number of methoxy groups -OCH3 is 1. The van der Waals surface area contributed by atoms with Gasteiger partial charge >= 0.3 is 5.97 Å². The first kappa shape index (κ1) is 10.2. The van der Waals surface area contributed by atoms with Crippen molar-refractivity contribution in [1.82, 2.24) is 0 Å². The van der Waals surface area contributed by atoms with Crippen LogP contribution >= 0.6 is 0 Å². The first-order chi connectivity index (χ1) is 5.54. The summed E-state index contributed by atoms with van der Waals surface area (Å²) in [6, 6.07) is 1.54. The van der Waals surface area contributed by atoms with Crippen molar-refractivity contribution >= 4 is 11.9 Å². The minimum atomic E-state index is -1.31. The van der Waals surface area contributed by atoms with Gasteiger partial charge in [-0.15, -0.1) is 0 Å². The van der Waals surface area contributed by atoms with Crippen molar-refractivity contribution in [2.75, 3.05) is 7.11 Å². The van der Waals surface area contributed by atoms with Gasteiger partial charge in [-0.3, -0.25) is 4.79 Å². The number of amides is 1. The van der Waals surface area contributed by atoms with Crippen molar-refractivity contribution in [3.8, 4) is 6.07 Å². The zero-order chi connectivity index (χ0) is 9.72. The lowest BCUT2D eigenvalue weighted by Gasteiger charge is -2.05. The molecule has 0 heterocycles. The van der Waals surface area contributed by atoms with E-state index in [1.807, 2.05) is 0 Å². The molecule has 1 unspecified atom stereocenters. The molecule has 0 aromatic heterocycles. The molecule has 0 spiro atoms. The first-order valence-corrected chi connectivity index (χ1v) is 3.00. The van der Waals surface area contributed by atoms with Crippen LogP contribution in [0.15, 0.2) is 12.2 Å². The van der Waals surface area contributed by atoms with Crippen molar-refractivity contribution in [2.24, 2.45) is 11.7 Å². The summed E-state index contributed by atoms with van der Waals surface area (Å²) in [5.74, 6) is -3.02. The quantitative estimate of drug-likeness (QED) is 0.447. The molecular weight excluding hydrogens is 160 g/mol. The second-order valence-corrected chi connectivity index (χ2v) is 1.98. The summed E-state index contributed by atoms with van der Waals surface area (Å²) in [6.07, 6.45) is 0. The van der Waals surface area contributed by atoms with Gasteiger partial charge in [0.05, 0.1) is 18.8 Å². The van der Waals surface area contributed by atoms with E-state index in [-0.39, 0.29) is 5.57 Å². The van der Waals surface area contributed by atoms with E-state index in [1.54, 1.807) is 6.07 Å². The van der Waals surface area contributed by atoms with Crippen LogP contribution in [0, 0.1) is 17.2 Å². The van der Waals surface area contributed by atoms with Crippen molar-refractivity contribution in [3.05, 3.63) is 12.2 Å². The van der Waals surface area contributed by atoms with Gasteiger partial charge in [0.25, 0.3) is 0 Å². The fraction of sp³-hybridized carbons (Fsp3) is 0.286. The van der Waals surface area contributed by atoms with E-state index in [2.05, 4.69) is 11.3 Å². The molecule has 64 valence electrons. The van der Waals surface area contributed by atoms with E-state index in [1.165, 1.54) is 0 Å². The van der Waals surface area contributed by atoms with E-state index < -0.39 is 17.8 Å². The normalized spacial score (nSPS) is 11.0. The average Bonchev–Trinajstić information content (AvgIpc) is 2.03. The van der Waals surface area contributed by atoms with Gasteiger partial charge < -0.3 is 10.5 Å². The molecule has 2 N–H and O–H groups in total. The van der Waals surface area contributed by atoms with Gasteiger partial charge in [0.15, 0.2) is 5.92 Å². The van der Waals surface area contributed by atoms with E-state index in [9.17, 15) is 9.59 Å². The fourth-order valence-electron chi connectivity index (χ4n) is 0.562. The molecule has 1 atom stereocenters. The summed E-state index contributed by atoms with van der Waals surface area (Å²) in [6.45, 7) is 3.22. The zero-order valence-corrected chi connectivity index (χ0v) is 6.53. The molecule has 0 aliphatic rings. The monoisotopic (exact) mass is 168 g/mol. The lowest BCUT2D eigenvalue weighted by atomic mass is 10.0. The molecule has 5 heteroatoms. The number of hydrogen-bond acceptors (Lipinski definition) is 4. The van der Waals surface area contributed by atoms with Gasteiger partial charge in [0, 0.05) is 0 Å². The van der Waals surface area contributed by atoms with Crippen LogP contribution < -0.4 is 5.73 Å². The predicted octanol–water partition coefficient (Wildman–Crippen LogP) is -0.659. The SMILES string of the molecule is C=C(C(=O)OC)C(C#N)C(N)=O. The second-order valence-electron chi connectivity index (χ2n) is 1.98. The number of primary amides is 1. The maximum absolute atomic E-state index is 10.7. The number of hydrogen-bond donors (Lipinski definition) is 1. The number of carbonyl (C=O) groups excluding carboxylic acids is 2. The van der Waals surface area contributed by atoms with Crippen molar-refractivity contribution in [3.63, 3.8) is 0 Å². The number of ether oxygens (including phenoxy) is 1. The molecule has 0 aliphatic heterocycles.